The Morgan fingerprint density at radius 3 is 1.88 bits per heavy atom. The van der Waals surface area contributed by atoms with Gasteiger partial charge in [-0.15, -0.1) is 0 Å². The Hall–Kier alpha value is -3.74. The van der Waals surface area contributed by atoms with Crippen molar-refractivity contribution in [1.82, 2.24) is 0 Å². The second-order valence-electron chi connectivity index (χ2n) is 8.76. The van der Waals surface area contributed by atoms with E-state index in [9.17, 15) is 5.11 Å². The molecule has 34 heavy (non-hydrogen) atoms. The zero-order chi connectivity index (χ0) is 22.6. The molecule has 7 rings (SSSR count). The number of rotatable bonds is 3. The zero-order valence-electron chi connectivity index (χ0n) is 18.4. The molecule has 1 unspecified atom stereocenters. The van der Waals surface area contributed by atoms with Gasteiger partial charge in [0, 0.05) is 0 Å². The van der Waals surface area contributed by atoms with Gasteiger partial charge in [-0.25, -0.2) is 0 Å². The van der Waals surface area contributed by atoms with Crippen LogP contribution in [0.15, 0.2) is 115 Å². The van der Waals surface area contributed by atoms with Crippen LogP contribution in [-0.2, 0) is 0 Å². The number of hydrogen-bond acceptors (Lipinski definition) is 1. The first-order chi connectivity index (χ1) is 16.8. The third kappa shape index (κ3) is 2.89. The van der Waals surface area contributed by atoms with E-state index < -0.39 is 7.92 Å². The van der Waals surface area contributed by atoms with Gasteiger partial charge in [0.05, 0.1) is 0 Å². The molecule has 0 bridgehead atoms. The standard InChI is InChI=1S/C31H20BOP/c33-21-15-18-29(32-19-21)34(22-9-2-1-3-10-22)28-17-16-26-24-12-5-8-20-7-4-11-23(30(20)24)25-13-6-14-27(28)31(25)26/h1-19,33H. The molecule has 3 heteroatoms. The molecule has 0 aliphatic heterocycles. The Morgan fingerprint density at radius 2 is 1.18 bits per heavy atom. The Bertz CT molecular complexity index is 1760. The van der Waals surface area contributed by atoms with Crippen molar-refractivity contribution >= 4 is 73.7 Å². The summed E-state index contributed by atoms with van der Waals surface area (Å²) in [6.07, 6.45) is 0. The molecule has 158 valence electrons. The van der Waals surface area contributed by atoms with Gasteiger partial charge in [-0.1, -0.05) is 0 Å². The fourth-order valence-corrected chi connectivity index (χ4v) is 7.85. The monoisotopic (exact) mass is 450 g/mol. The van der Waals surface area contributed by atoms with Crippen molar-refractivity contribution in [2.24, 2.45) is 0 Å². The quantitative estimate of drug-likeness (QED) is 0.184. The second-order valence-corrected chi connectivity index (χ2v) is 10.9. The average molecular weight is 450 g/mol. The van der Waals surface area contributed by atoms with Crippen LogP contribution >= 0.6 is 7.92 Å². The third-order valence-electron chi connectivity index (χ3n) is 6.87. The number of aromatic hydroxyl groups is 1. The van der Waals surface area contributed by atoms with Crippen molar-refractivity contribution in [3.8, 4) is 5.75 Å². The molecule has 0 saturated heterocycles. The van der Waals surface area contributed by atoms with Gasteiger partial charge in [-0.3, -0.25) is 0 Å². The molecule has 1 atom stereocenters. The minimum absolute atomic E-state index is 0.299. The molecular weight excluding hydrogens is 430 g/mol. The van der Waals surface area contributed by atoms with Crippen LogP contribution in [-0.4, -0.2) is 12.0 Å². The van der Waals surface area contributed by atoms with Crippen LogP contribution in [0.3, 0.4) is 0 Å². The SMILES string of the molecule is Oc1cbc(P(c2ccccc2)c2ccc3c4cccc5cccc(c6cccc2c63)c54)cc1. The molecular formula is C31H20BOP. The van der Waals surface area contributed by atoms with E-state index in [1.807, 2.05) is 0 Å². The van der Waals surface area contributed by atoms with E-state index in [0.717, 1.165) is 0 Å². The van der Waals surface area contributed by atoms with Crippen LogP contribution in [0, 0.1) is 0 Å². The fourth-order valence-electron chi connectivity index (χ4n) is 5.43. The van der Waals surface area contributed by atoms with Crippen molar-refractivity contribution in [3.63, 3.8) is 0 Å². The maximum absolute atomic E-state index is 9.94. The van der Waals surface area contributed by atoms with Crippen molar-refractivity contribution in [2.75, 3.05) is 0 Å². The summed E-state index contributed by atoms with van der Waals surface area (Å²) in [5, 5.41) is 24.4. The first kappa shape index (κ1) is 19.7. The van der Waals surface area contributed by atoms with Crippen LogP contribution < -0.4 is 15.8 Å². The number of hydrogen-bond donors (Lipinski definition) is 1. The van der Waals surface area contributed by atoms with Crippen LogP contribution in [0.25, 0.3) is 43.1 Å². The summed E-state index contributed by atoms with van der Waals surface area (Å²) in [4.78, 5) is 0. The molecule has 1 heterocycles. The van der Waals surface area contributed by atoms with E-state index in [0.29, 0.717) is 5.75 Å². The molecule has 6 aromatic carbocycles. The predicted octanol–water partition coefficient (Wildman–Crippen LogP) is 6.54. The van der Waals surface area contributed by atoms with E-state index in [4.69, 9.17) is 0 Å². The van der Waals surface area contributed by atoms with Crippen LogP contribution in [0.1, 0.15) is 0 Å². The summed E-state index contributed by atoms with van der Waals surface area (Å²) < 4.78 is 0. The molecule has 0 aliphatic carbocycles. The van der Waals surface area contributed by atoms with Gasteiger partial charge in [0.25, 0.3) is 0 Å². The summed E-state index contributed by atoms with van der Waals surface area (Å²) in [5.41, 5.74) is 0. The Labute approximate surface area is 199 Å². The first-order valence-electron chi connectivity index (χ1n) is 11.5. The van der Waals surface area contributed by atoms with Crippen molar-refractivity contribution < 1.29 is 5.11 Å². The summed E-state index contributed by atoms with van der Waals surface area (Å²) >= 11 is 0. The molecule has 1 aromatic heterocycles. The van der Waals surface area contributed by atoms with E-state index in [2.05, 4.69) is 110 Å². The van der Waals surface area contributed by atoms with Gasteiger partial charge in [0.2, 0.25) is 0 Å². The molecule has 7 aromatic rings. The van der Waals surface area contributed by atoms with Gasteiger partial charge in [0.1, 0.15) is 0 Å². The Balaban J connectivity index is 1.62. The van der Waals surface area contributed by atoms with E-state index in [1.54, 1.807) is 12.0 Å². The minimum atomic E-state index is -0.786. The topological polar surface area (TPSA) is 20.2 Å². The molecule has 0 amide bonds. The van der Waals surface area contributed by atoms with Gasteiger partial charge >= 0.3 is 200 Å². The molecule has 0 saturated carbocycles. The van der Waals surface area contributed by atoms with E-state index >= 15 is 0 Å². The predicted molar refractivity (Wildman–Crippen MR) is 149 cm³/mol. The number of fused-ring (bicyclic) bond motifs is 2. The van der Waals surface area contributed by atoms with Crippen LogP contribution in [0.5, 0.6) is 5.75 Å². The molecule has 0 aliphatic rings. The summed E-state index contributed by atoms with van der Waals surface area (Å²) in [7, 11) is -0.786. The molecule has 1 N–H and O–H groups in total. The normalized spacial score (nSPS) is 12.6. The van der Waals surface area contributed by atoms with E-state index in [-0.39, 0.29) is 0 Å². The van der Waals surface area contributed by atoms with Crippen molar-refractivity contribution in [2.45, 2.75) is 0 Å². The van der Waals surface area contributed by atoms with Gasteiger partial charge in [-0.2, -0.15) is 0 Å². The average Bonchev–Trinajstić information content (AvgIpc) is 2.89. The molecule has 0 spiro atoms. The second kappa shape index (κ2) is 7.65. The fraction of sp³-hybridized carbons (Fsp3) is 0. The third-order valence-corrected chi connectivity index (χ3v) is 9.37. The number of benzene rings is 6. The molecule has 1 nitrogen and oxygen atoms in total. The first-order valence-corrected chi connectivity index (χ1v) is 12.9. The van der Waals surface area contributed by atoms with Gasteiger partial charge in [-0.05, 0) is 0 Å². The van der Waals surface area contributed by atoms with Gasteiger partial charge < -0.3 is 0 Å². The zero-order valence-corrected chi connectivity index (χ0v) is 19.3. The summed E-state index contributed by atoms with van der Waals surface area (Å²) in [5.74, 6) is 2.10. The molecule has 0 radical (unpaired) electrons. The Kier molecular flexibility index (Phi) is 4.44. The molecule has 0 fully saturated rings. The summed E-state index contributed by atoms with van der Waals surface area (Å²) in [6.45, 7) is 2.07. The maximum atomic E-state index is 9.94. The van der Waals surface area contributed by atoms with Crippen molar-refractivity contribution in [3.05, 3.63) is 115 Å². The Morgan fingerprint density at radius 1 is 0.529 bits per heavy atom. The van der Waals surface area contributed by atoms with Gasteiger partial charge in [0.15, 0.2) is 0 Å². The van der Waals surface area contributed by atoms with Crippen LogP contribution in [0.2, 0.25) is 0 Å². The summed E-state index contributed by atoms with van der Waals surface area (Å²) in [6, 6.07) is 39.3. The van der Waals surface area contributed by atoms with Crippen molar-refractivity contribution in [1.29, 1.82) is 0 Å². The van der Waals surface area contributed by atoms with Crippen LogP contribution in [0.4, 0.5) is 0 Å². The van der Waals surface area contributed by atoms with E-state index in [1.165, 1.54) is 58.9 Å².